The molecule has 0 saturated heterocycles. The summed E-state index contributed by atoms with van der Waals surface area (Å²) in [6.07, 6.45) is 0. The van der Waals surface area contributed by atoms with Gasteiger partial charge >= 0.3 is 0 Å². The van der Waals surface area contributed by atoms with Gasteiger partial charge in [0.05, 0.1) is 35.4 Å². The second-order valence-electron chi connectivity index (χ2n) is 9.86. The summed E-state index contributed by atoms with van der Waals surface area (Å²) in [4.78, 5) is 13.2. The largest absolute Gasteiger partial charge is 0.497 e. The van der Waals surface area contributed by atoms with E-state index in [0.717, 1.165) is 21.0 Å². The summed E-state index contributed by atoms with van der Waals surface area (Å²) in [5.41, 5.74) is 3.55. The predicted molar refractivity (Wildman–Crippen MR) is 167 cm³/mol. The molecule has 0 radical (unpaired) electrons. The Morgan fingerprint density at radius 1 is 0.744 bits per heavy atom. The molecule has 0 aliphatic rings. The summed E-state index contributed by atoms with van der Waals surface area (Å²) in [6, 6.07) is 21.8. The van der Waals surface area contributed by atoms with Crippen LogP contribution in [-0.4, -0.2) is 43.5 Å². The number of carbonyl (C=O) groups excluding carboxylic acids is 1. The number of amides is 1. The lowest BCUT2D eigenvalue weighted by atomic mass is 10.1. The van der Waals surface area contributed by atoms with Crippen molar-refractivity contribution in [2.45, 2.75) is 30.6 Å². The van der Waals surface area contributed by atoms with E-state index in [9.17, 15) is 21.6 Å². The molecule has 0 heterocycles. The first-order valence-corrected chi connectivity index (χ1v) is 16.1. The number of nitrogens with zero attached hydrogens (tertiary/aromatic N) is 1. The molecule has 0 atom stereocenters. The average Bonchev–Trinajstić information content (AvgIpc) is 2.97. The number of benzene rings is 4. The van der Waals surface area contributed by atoms with Gasteiger partial charge in [-0.3, -0.25) is 13.8 Å². The van der Waals surface area contributed by atoms with Gasteiger partial charge in [-0.2, -0.15) is 0 Å². The molecular formula is C31H33N3O7S2. The van der Waals surface area contributed by atoms with Crippen molar-refractivity contribution in [2.24, 2.45) is 0 Å². The minimum atomic E-state index is -4.21. The molecule has 1 amide bonds. The summed E-state index contributed by atoms with van der Waals surface area (Å²) < 4.78 is 67.7. The normalized spacial score (nSPS) is 11.5. The van der Waals surface area contributed by atoms with E-state index < -0.39 is 32.5 Å². The molecule has 4 rings (SSSR count). The van der Waals surface area contributed by atoms with E-state index in [0.29, 0.717) is 11.4 Å². The Balaban J connectivity index is 1.58. The van der Waals surface area contributed by atoms with Crippen LogP contribution < -0.4 is 23.8 Å². The van der Waals surface area contributed by atoms with Crippen LogP contribution in [0.5, 0.6) is 11.5 Å². The number of sulfonamides is 2. The van der Waals surface area contributed by atoms with Gasteiger partial charge in [-0.1, -0.05) is 35.4 Å². The van der Waals surface area contributed by atoms with Gasteiger partial charge in [-0.05, 0) is 80.9 Å². The molecule has 0 aliphatic heterocycles. The highest BCUT2D eigenvalue weighted by Crippen LogP contribution is 2.35. The standard InChI is InChI=1S/C31H33N3O7S2/c1-21-6-12-27(13-7-21)43(38,39)34(29-17-11-25(40-4)19-30(29)41-5)20-31(35)32-24-9-14-26(15-10-24)42(36,37)33-28-16-8-22(2)18-23(28)3/h6-19,33H,20H2,1-5H3,(H,32,35). The first kappa shape index (κ1) is 31.4. The summed E-state index contributed by atoms with van der Waals surface area (Å²) in [5, 5.41) is 2.65. The van der Waals surface area contributed by atoms with Crippen LogP contribution in [0, 0.1) is 20.8 Å². The van der Waals surface area contributed by atoms with E-state index in [1.807, 2.05) is 32.9 Å². The van der Waals surface area contributed by atoms with Crippen LogP contribution in [0.2, 0.25) is 0 Å². The number of aryl methyl sites for hydroxylation is 3. The number of hydrogen-bond donors (Lipinski definition) is 2. The molecular weight excluding hydrogens is 590 g/mol. The van der Waals surface area contributed by atoms with Crippen molar-refractivity contribution >= 4 is 43.0 Å². The van der Waals surface area contributed by atoms with E-state index in [-0.39, 0.29) is 26.9 Å². The Labute approximate surface area is 252 Å². The lowest BCUT2D eigenvalue weighted by Crippen LogP contribution is -2.38. The Bertz CT molecular complexity index is 1840. The Hall–Kier alpha value is -4.55. The second-order valence-corrected chi connectivity index (χ2v) is 13.4. The third kappa shape index (κ3) is 7.27. The molecule has 2 N–H and O–H groups in total. The zero-order chi connectivity index (χ0) is 31.4. The molecule has 0 fully saturated rings. The quantitative estimate of drug-likeness (QED) is 0.233. The fraction of sp³-hybridized carbons (Fsp3) is 0.194. The highest BCUT2D eigenvalue weighted by Gasteiger charge is 2.30. The van der Waals surface area contributed by atoms with Crippen LogP contribution in [0.1, 0.15) is 16.7 Å². The molecule has 0 aliphatic carbocycles. The molecule has 4 aromatic carbocycles. The van der Waals surface area contributed by atoms with Crippen molar-refractivity contribution in [3.8, 4) is 11.5 Å². The molecule has 0 bridgehead atoms. The topological polar surface area (TPSA) is 131 Å². The van der Waals surface area contributed by atoms with Crippen molar-refractivity contribution < 1.29 is 31.1 Å². The number of hydrogen-bond acceptors (Lipinski definition) is 7. The van der Waals surface area contributed by atoms with E-state index in [2.05, 4.69) is 10.0 Å². The predicted octanol–water partition coefficient (Wildman–Crippen LogP) is 5.26. The van der Waals surface area contributed by atoms with Gasteiger partial charge in [0.15, 0.2) is 0 Å². The second kappa shape index (κ2) is 12.8. The SMILES string of the molecule is COc1ccc(N(CC(=O)Nc2ccc(S(=O)(=O)Nc3ccc(C)cc3C)cc2)S(=O)(=O)c2ccc(C)cc2)c(OC)c1. The maximum Gasteiger partial charge on any atom is 0.264 e. The lowest BCUT2D eigenvalue weighted by Gasteiger charge is -2.26. The molecule has 10 nitrogen and oxygen atoms in total. The molecule has 0 saturated carbocycles. The van der Waals surface area contributed by atoms with Crippen LogP contribution in [0.4, 0.5) is 17.1 Å². The maximum atomic E-state index is 13.8. The van der Waals surface area contributed by atoms with Gasteiger partial charge in [-0.15, -0.1) is 0 Å². The fourth-order valence-corrected chi connectivity index (χ4v) is 6.87. The summed E-state index contributed by atoms with van der Waals surface area (Å²) in [7, 11) is -5.24. The molecule has 0 unspecified atom stereocenters. The van der Waals surface area contributed by atoms with E-state index in [1.165, 1.54) is 62.8 Å². The monoisotopic (exact) mass is 623 g/mol. The summed E-state index contributed by atoms with van der Waals surface area (Å²) in [5.74, 6) is -0.0221. The van der Waals surface area contributed by atoms with Gasteiger partial charge in [0, 0.05) is 11.8 Å². The van der Waals surface area contributed by atoms with Crippen LogP contribution >= 0.6 is 0 Å². The minimum absolute atomic E-state index is 0.00276. The van der Waals surface area contributed by atoms with Gasteiger partial charge in [0.2, 0.25) is 5.91 Å². The van der Waals surface area contributed by atoms with Crippen molar-refractivity contribution in [1.29, 1.82) is 0 Å². The maximum absolute atomic E-state index is 13.8. The van der Waals surface area contributed by atoms with Gasteiger partial charge in [-0.25, -0.2) is 16.8 Å². The first-order valence-electron chi connectivity index (χ1n) is 13.2. The first-order chi connectivity index (χ1) is 20.3. The van der Waals surface area contributed by atoms with Crippen LogP contribution in [-0.2, 0) is 24.8 Å². The van der Waals surface area contributed by atoms with E-state index in [1.54, 1.807) is 24.3 Å². The summed E-state index contributed by atoms with van der Waals surface area (Å²) >= 11 is 0. The minimum Gasteiger partial charge on any atom is -0.497 e. The molecule has 226 valence electrons. The number of ether oxygens (including phenoxy) is 2. The Morgan fingerprint density at radius 3 is 1.98 bits per heavy atom. The molecule has 0 aromatic heterocycles. The number of methoxy groups -OCH3 is 2. The number of anilines is 3. The highest BCUT2D eigenvalue weighted by molar-refractivity contribution is 7.93. The van der Waals surface area contributed by atoms with Crippen LogP contribution in [0.25, 0.3) is 0 Å². The fourth-order valence-electron chi connectivity index (χ4n) is 4.31. The molecule has 12 heteroatoms. The zero-order valence-corrected chi connectivity index (χ0v) is 26.0. The molecule has 0 spiro atoms. The van der Waals surface area contributed by atoms with E-state index in [4.69, 9.17) is 9.47 Å². The average molecular weight is 624 g/mol. The van der Waals surface area contributed by atoms with Crippen molar-refractivity contribution in [3.05, 3.63) is 102 Å². The Morgan fingerprint density at radius 2 is 1.37 bits per heavy atom. The molecule has 4 aromatic rings. The van der Waals surface area contributed by atoms with E-state index >= 15 is 0 Å². The van der Waals surface area contributed by atoms with Crippen molar-refractivity contribution in [3.63, 3.8) is 0 Å². The highest BCUT2D eigenvalue weighted by atomic mass is 32.2. The number of nitrogens with one attached hydrogen (secondary N) is 2. The van der Waals surface area contributed by atoms with Crippen molar-refractivity contribution in [1.82, 2.24) is 0 Å². The third-order valence-electron chi connectivity index (χ3n) is 6.63. The van der Waals surface area contributed by atoms with Gasteiger partial charge in [0.25, 0.3) is 20.0 Å². The summed E-state index contributed by atoms with van der Waals surface area (Å²) in [6.45, 7) is 4.98. The zero-order valence-electron chi connectivity index (χ0n) is 24.4. The van der Waals surface area contributed by atoms with Crippen LogP contribution in [0.3, 0.4) is 0 Å². The molecule has 43 heavy (non-hydrogen) atoms. The van der Waals surface area contributed by atoms with Crippen LogP contribution in [0.15, 0.2) is 94.7 Å². The van der Waals surface area contributed by atoms with Gasteiger partial charge < -0.3 is 14.8 Å². The van der Waals surface area contributed by atoms with Crippen molar-refractivity contribution in [2.75, 3.05) is 35.1 Å². The lowest BCUT2D eigenvalue weighted by molar-refractivity contribution is -0.114. The third-order valence-corrected chi connectivity index (χ3v) is 9.78. The Kier molecular flexibility index (Phi) is 9.31. The number of carbonyl (C=O) groups is 1. The van der Waals surface area contributed by atoms with Gasteiger partial charge in [0.1, 0.15) is 18.0 Å². The number of rotatable bonds is 11. The smallest absolute Gasteiger partial charge is 0.264 e.